The molecule has 1 aliphatic carbocycles. The number of carbonyl (C=O) groups excluding carboxylic acids is 1. The molecule has 0 aromatic heterocycles. The lowest BCUT2D eigenvalue weighted by molar-refractivity contribution is 0.0564. The molecule has 214 valence electrons. The van der Waals surface area contributed by atoms with Crippen LogP contribution < -0.4 is 0 Å². The number of hydrogen-bond acceptors (Lipinski definition) is 3. The van der Waals surface area contributed by atoms with Gasteiger partial charge in [-0.25, -0.2) is 4.39 Å². The summed E-state index contributed by atoms with van der Waals surface area (Å²) in [6, 6.07) is 28.5. The van der Waals surface area contributed by atoms with E-state index in [1.807, 2.05) is 30.3 Å². The predicted molar refractivity (Wildman–Crippen MR) is 152 cm³/mol. The molecule has 0 heterocycles. The van der Waals surface area contributed by atoms with Crippen LogP contribution >= 0.6 is 7.60 Å². The van der Waals surface area contributed by atoms with Crippen LogP contribution in [0.15, 0.2) is 103 Å². The van der Waals surface area contributed by atoms with Gasteiger partial charge in [-0.1, -0.05) is 66.7 Å². The molecule has 0 amide bonds. The van der Waals surface area contributed by atoms with Crippen LogP contribution in [0.5, 0.6) is 0 Å². The van der Waals surface area contributed by atoms with Gasteiger partial charge in [0.05, 0.1) is 17.0 Å². The van der Waals surface area contributed by atoms with Gasteiger partial charge in [0.15, 0.2) is 5.78 Å². The van der Waals surface area contributed by atoms with Gasteiger partial charge in [0.2, 0.25) is 0 Å². The molecule has 2 N–H and O–H groups in total. The normalized spacial score (nSPS) is 18.1. The van der Waals surface area contributed by atoms with E-state index in [0.717, 1.165) is 24.1 Å². The summed E-state index contributed by atoms with van der Waals surface area (Å²) < 4.78 is 53.9. The Morgan fingerprint density at radius 3 is 2.05 bits per heavy atom. The first kappa shape index (κ1) is 29.5. The van der Waals surface area contributed by atoms with E-state index in [1.165, 1.54) is 36.4 Å². The maximum absolute atomic E-state index is 14.5. The topological polar surface area (TPSA) is 98.4 Å². The Morgan fingerprint density at radius 2 is 1.48 bits per heavy atom. The summed E-state index contributed by atoms with van der Waals surface area (Å²) in [5, 5.41) is 9.38. The summed E-state index contributed by atoms with van der Waals surface area (Å²) in [4.78, 5) is 32.8. The summed E-state index contributed by atoms with van der Waals surface area (Å²) in [7, 11) is -5.75. The second kappa shape index (κ2) is 11.3. The first-order valence-corrected chi connectivity index (χ1v) is 14.9. The number of benzene rings is 4. The van der Waals surface area contributed by atoms with Crippen molar-refractivity contribution in [1.29, 1.82) is 5.26 Å². The van der Waals surface area contributed by atoms with Crippen LogP contribution in [0, 0.1) is 23.1 Å². The fraction of sp³-hybridized carbons (Fsp3) is 0.212. The molecule has 1 saturated carbocycles. The zero-order chi connectivity index (χ0) is 30.1. The first-order chi connectivity index (χ1) is 19.9. The van der Waals surface area contributed by atoms with E-state index in [2.05, 4.69) is 6.07 Å². The minimum atomic E-state index is -5.75. The van der Waals surface area contributed by atoms with Gasteiger partial charge in [0, 0.05) is 11.1 Å². The largest absolute Gasteiger partial charge is 0.399 e. The Kier molecular flexibility index (Phi) is 7.96. The number of hydrogen-bond donors (Lipinski definition) is 2. The molecule has 42 heavy (non-hydrogen) atoms. The molecule has 0 aliphatic heterocycles. The Bertz CT molecular complexity index is 1660. The van der Waals surface area contributed by atoms with Gasteiger partial charge in [-0.05, 0) is 84.2 Å². The molecule has 0 spiro atoms. The summed E-state index contributed by atoms with van der Waals surface area (Å²) in [5.74, 6) is -0.445. The highest BCUT2D eigenvalue weighted by molar-refractivity contribution is 7.52. The predicted octanol–water partition coefficient (Wildman–Crippen LogP) is 7.48. The van der Waals surface area contributed by atoms with Gasteiger partial charge < -0.3 is 9.79 Å². The number of Topliss-reactive ketones (excluding diaryl/α,β-unsaturated/α-hetero) is 1. The molecule has 0 radical (unpaired) electrons. The maximum atomic E-state index is 14.5. The average molecular weight is 590 g/mol. The van der Waals surface area contributed by atoms with Gasteiger partial charge in [0.25, 0.3) is 0 Å². The molecule has 3 unspecified atom stereocenters. The second-order valence-electron chi connectivity index (χ2n) is 10.8. The number of nitrogens with zero attached hydrogens (tertiary/aromatic N) is 1. The lowest BCUT2D eigenvalue weighted by Gasteiger charge is -2.34. The molecule has 1 fully saturated rings. The first-order valence-electron chi connectivity index (χ1n) is 13.3. The van der Waals surface area contributed by atoms with Gasteiger partial charge in [0.1, 0.15) is 5.82 Å². The van der Waals surface area contributed by atoms with Crippen LogP contribution in [-0.4, -0.2) is 15.6 Å². The van der Waals surface area contributed by atoms with Crippen molar-refractivity contribution in [2.45, 2.75) is 36.3 Å². The van der Waals surface area contributed by atoms with Crippen molar-refractivity contribution >= 4 is 13.4 Å². The molecule has 9 heteroatoms. The van der Waals surface area contributed by atoms with Crippen molar-refractivity contribution in [3.63, 3.8) is 0 Å². The third-order valence-corrected chi connectivity index (χ3v) is 9.03. The SMILES string of the molecule is N#Cc1ccc(C(Cc2ccc(C(F)(F)P(=O)(O)O)cc2)(CC2CC2c2ccccc2)C(=O)c2ccc(F)cc2)cc1. The van der Waals surface area contributed by atoms with Crippen LogP contribution in [0.25, 0.3) is 0 Å². The van der Waals surface area contributed by atoms with Crippen LogP contribution in [0.3, 0.4) is 0 Å². The fourth-order valence-corrected chi connectivity index (χ4v) is 6.19. The number of rotatable bonds is 10. The monoisotopic (exact) mass is 589 g/mol. The van der Waals surface area contributed by atoms with Crippen LogP contribution in [0.2, 0.25) is 0 Å². The lowest BCUT2D eigenvalue weighted by atomic mass is 9.67. The number of nitriles is 1. The Labute approximate surface area is 241 Å². The minimum Gasteiger partial charge on any atom is -0.320 e. The van der Waals surface area contributed by atoms with Crippen molar-refractivity contribution in [3.8, 4) is 6.07 Å². The number of halogens is 3. The summed E-state index contributed by atoms with van der Waals surface area (Å²) in [6.07, 6.45) is 1.32. The van der Waals surface area contributed by atoms with Crippen molar-refractivity contribution in [2.24, 2.45) is 5.92 Å². The number of alkyl halides is 2. The molecule has 4 aromatic carbocycles. The molecule has 5 rings (SSSR count). The second-order valence-corrected chi connectivity index (χ2v) is 12.4. The zero-order valence-corrected chi connectivity index (χ0v) is 23.2. The Balaban J connectivity index is 1.60. The van der Waals surface area contributed by atoms with Crippen molar-refractivity contribution < 1.29 is 32.3 Å². The van der Waals surface area contributed by atoms with E-state index in [-0.39, 0.29) is 29.6 Å². The molecule has 1 aliphatic rings. The smallest absolute Gasteiger partial charge is 0.320 e. The van der Waals surface area contributed by atoms with E-state index < -0.39 is 30.1 Å². The number of carbonyl (C=O) groups is 1. The molecule has 0 bridgehead atoms. The van der Waals surface area contributed by atoms with Crippen LogP contribution in [0.1, 0.15) is 56.9 Å². The summed E-state index contributed by atoms with van der Waals surface area (Å²) in [5.41, 5.74) is -3.46. The molecular weight excluding hydrogens is 562 g/mol. The zero-order valence-electron chi connectivity index (χ0n) is 22.3. The van der Waals surface area contributed by atoms with E-state index >= 15 is 0 Å². The van der Waals surface area contributed by atoms with Crippen molar-refractivity contribution in [1.82, 2.24) is 0 Å². The van der Waals surface area contributed by atoms with Crippen molar-refractivity contribution in [2.75, 3.05) is 0 Å². The summed E-state index contributed by atoms with van der Waals surface area (Å²) >= 11 is 0. The maximum Gasteiger partial charge on any atom is 0.399 e. The fourth-order valence-electron chi connectivity index (χ4n) is 5.71. The van der Waals surface area contributed by atoms with Crippen LogP contribution in [-0.2, 0) is 22.1 Å². The molecule has 5 nitrogen and oxygen atoms in total. The molecule has 4 aromatic rings. The quantitative estimate of drug-likeness (QED) is 0.148. The van der Waals surface area contributed by atoms with Crippen LogP contribution in [0.4, 0.5) is 13.2 Å². The van der Waals surface area contributed by atoms with Gasteiger partial charge in [-0.3, -0.25) is 9.36 Å². The Morgan fingerprint density at radius 1 is 0.881 bits per heavy atom. The molecule has 0 saturated heterocycles. The van der Waals surface area contributed by atoms with E-state index in [0.29, 0.717) is 23.1 Å². The van der Waals surface area contributed by atoms with Gasteiger partial charge in [-0.2, -0.15) is 14.0 Å². The van der Waals surface area contributed by atoms with E-state index in [4.69, 9.17) is 9.79 Å². The summed E-state index contributed by atoms with van der Waals surface area (Å²) in [6.45, 7) is 0. The number of ketones is 1. The highest BCUT2D eigenvalue weighted by Crippen LogP contribution is 2.59. The Hall–Kier alpha value is -4.02. The highest BCUT2D eigenvalue weighted by Gasteiger charge is 2.51. The average Bonchev–Trinajstić information content (AvgIpc) is 3.76. The minimum absolute atomic E-state index is 0.0783. The standard InChI is InChI=1S/C33H27F3NO4P/c34-29-16-10-25(11-17-29)31(38)32(27-12-8-23(21-37)9-13-27,20-26-18-30(26)24-4-2-1-3-5-24)19-22-6-14-28(15-7-22)33(35,36)42(39,40)41/h1-17,26,30H,18-20H2,(H2,39,40,41). The van der Waals surface area contributed by atoms with E-state index in [9.17, 15) is 27.8 Å². The molecule has 3 atom stereocenters. The van der Waals surface area contributed by atoms with Gasteiger partial charge in [-0.15, -0.1) is 0 Å². The third kappa shape index (κ3) is 5.82. The van der Waals surface area contributed by atoms with Gasteiger partial charge >= 0.3 is 13.3 Å². The highest BCUT2D eigenvalue weighted by atomic mass is 31.2. The molecular formula is C33H27F3NO4P. The lowest BCUT2D eigenvalue weighted by Crippen LogP contribution is -2.39. The van der Waals surface area contributed by atoms with Crippen molar-refractivity contribution in [3.05, 3.63) is 142 Å². The van der Waals surface area contributed by atoms with E-state index in [1.54, 1.807) is 24.3 Å². The third-order valence-electron chi connectivity index (χ3n) is 8.04.